The summed E-state index contributed by atoms with van der Waals surface area (Å²) in [5.41, 5.74) is 1.02. The molecule has 0 unspecified atom stereocenters. The SMILES string of the molecule is COC(=O)c1c(C)nc2c(O)cc(Cl)cn12. The minimum atomic E-state index is -0.522. The fourth-order valence-corrected chi connectivity index (χ4v) is 1.75. The number of carbonyl (C=O) groups is 1. The van der Waals surface area contributed by atoms with Crippen molar-refractivity contribution in [3.63, 3.8) is 0 Å². The third-order valence-electron chi connectivity index (χ3n) is 2.22. The minimum absolute atomic E-state index is 0.0780. The highest BCUT2D eigenvalue weighted by atomic mass is 35.5. The maximum absolute atomic E-state index is 11.5. The van der Waals surface area contributed by atoms with Crippen molar-refractivity contribution >= 4 is 23.2 Å². The molecule has 5 nitrogen and oxygen atoms in total. The second-order valence-corrected chi connectivity index (χ2v) is 3.71. The number of pyridine rings is 1. The Morgan fingerprint density at radius 3 is 2.94 bits per heavy atom. The largest absolute Gasteiger partial charge is 0.504 e. The highest BCUT2D eigenvalue weighted by molar-refractivity contribution is 6.30. The molecule has 0 fully saturated rings. The van der Waals surface area contributed by atoms with Crippen LogP contribution in [-0.2, 0) is 4.74 Å². The molecule has 0 atom stereocenters. The second kappa shape index (κ2) is 3.68. The van der Waals surface area contributed by atoms with E-state index >= 15 is 0 Å². The smallest absolute Gasteiger partial charge is 0.356 e. The zero-order chi connectivity index (χ0) is 11.9. The number of ether oxygens (including phenoxy) is 1. The quantitative estimate of drug-likeness (QED) is 0.772. The van der Waals surface area contributed by atoms with Gasteiger partial charge in [0.15, 0.2) is 17.1 Å². The molecule has 6 heteroatoms. The molecular formula is C10H9ClN2O3. The zero-order valence-corrected chi connectivity index (χ0v) is 9.45. The lowest BCUT2D eigenvalue weighted by atomic mass is 10.3. The first-order chi connectivity index (χ1) is 7.54. The number of aryl methyl sites for hydroxylation is 1. The molecule has 0 aliphatic heterocycles. The molecule has 0 spiro atoms. The summed E-state index contributed by atoms with van der Waals surface area (Å²) in [5, 5.41) is 9.94. The van der Waals surface area contributed by atoms with Crippen molar-refractivity contribution in [2.45, 2.75) is 6.92 Å². The first kappa shape index (κ1) is 10.8. The monoisotopic (exact) mass is 240 g/mol. The molecular weight excluding hydrogens is 232 g/mol. The van der Waals surface area contributed by atoms with Crippen LogP contribution in [0.25, 0.3) is 5.65 Å². The Bertz CT molecular complexity index is 577. The number of imidazole rings is 1. The summed E-state index contributed by atoms with van der Waals surface area (Å²) in [7, 11) is 1.28. The summed E-state index contributed by atoms with van der Waals surface area (Å²) >= 11 is 5.79. The second-order valence-electron chi connectivity index (χ2n) is 3.27. The van der Waals surface area contributed by atoms with E-state index in [1.165, 1.54) is 23.8 Å². The van der Waals surface area contributed by atoms with Crippen LogP contribution in [0, 0.1) is 6.92 Å². The van der Waals surface area contributed by atoms with E-state index in [0.717, 1.165) is 0 Å². The third-order valence-corrected chi connectivity index (χ3v) is 2.43. The summed E-state index contributed by atoms with van der Waals surface area (Å²) in [6.07, 6.45) is 1.50. The average Bonchev–Trinajstić information content (AvgIpc) is 2.54. The van der Waals surface area contributed by atoms with Crippen LogP contribution in [0.3, 0.4) is 0 Å². The predicted molar refractivity (Wildman–Crippen MR) is 57.9 cm³/mol. The fraction of sp³-hybridized carbons (Fsp3) is 0.200. The van der Waals surface area contributed by atoms with Crippen molar-refractivity contribution in [3.8, 4) is 5.75 Å². The van der Waals surface area contributed by atoms with Gasteiger partial charge in [-0.15, -0.1) is 0 Å². The van der Waals surface area contributed by atoms with Crippen molar-refractivity contribution in [2.24, 2.45) is 0 Å². The molecule has 16 heavy (non-hydrogen) atoms. The van der Waals surface area contributed by atoms with E-state index in [1.54, 1.807) is 6.92 Å². The number of nitrogens with zero attached hydrogens (tertiary/aromatic N) is 2. The van der Waals surface area contributed by atoms with Gasteiger partial charge in [0.2, 0.25) is 0 Å². The van der Waals surface area contributed by atoms with Crippen molar-refractivity contribution in [3.05, 3.63) is 28.7 Å². The van der Waals surface area contributed by atoms with Gasteiger partial charge in [-0.1, -0.05) is 11.6 Å². The minimum Gasteiger partial charge on any atom is -0.504 e. The fourth-order valence-electron chi connectivity index (χ4n) is 1.55. The molecule has 0 radical (unpaired) electrons. The number of rotatable bonds is 1. The highest BCUT2D eigenvalue weighted by Gasteiger charge is 2.19. The summed E-state index contributed by atoms with van der Waals surface area (Å²) < 4.78 is 6.05. The van der Waals surface area contributed by atoms with Crippen molar-refractivity contribution in [2.75, 3.05) is 7.11 Å². The van der Waals surface area contributed by atoms with Crippen molar-refractivity contribution < 1.29 is 14.6 Å². The molecule has 0 bridgehead atoms. The Labute approximate surface area is 96.2 Å². The molecule has 0 aliphatic carbocycles. The van der Waals surface area contributed by atoms with Crippen LogP contribution in [0.2, 0.25) is 5.02 Å². The summed E-state index contributed by atoms with van der Waals surface area (Å²) in [4.78, 5) is 15.6. The number of halogens is 1. The van der Waals surface area contributed by atoms with Gasteiger partial charge in [0.05, 0.1) is 17.8 Å². The molecule has 2 aromatic rings. The number of methoxy groups -OCH3 is 1. The average molecular weight is 241 g/mol. The molecule has 0 saturated carbocycles. The molecule has 1 N–H and O–H groups in total. The lowest BCUT2D eigenvalue weighted by molar-refractivity contribution is 0.0592. The first-order valence-electron chi connectivity index (χ1n) is 4.50. The molecule has 0 amide bonds. The van der Waals surface area contributed by atoms with Crippen LogP contribution < -0.4 is 0 Å². The van der Waals surface area contributed by atoms with E-state index in [4.69, 9.17) is 11.6 Å². The van der Waals surface area contributed by atoms with Crippen LogP contribution in [-0.4, -0.2) is 27.6 Å². The van der Waals surface area contributed by atoms with Gasteiger partial charge in [0.1, 0.15) is 0 Å². The number of fused-ring (bicyclic) bond motifs is 1. The third kappa shape index (κ3) is 1.49. The Morgan fingerprint density at radius 2 is 2.31 bits per heavy atom. The van der Waals surface area contributed by atoms with Gasteiger partial charge in [0, 0.05) is 12.3 Å². The normalized spacial score (nSPS) is 10.7. The molecule has 2 rings (SSSR count). The molecule has 0 saturated heterocycles. The number of hydrogen-bond acceptors (Lipinski definition) is 4. The van der Waals surface area contributed by atoms with Crippen LogP contribution in [0.15, 0.2) is 12.3 Å². The van der Waals surface area contributed by atoms with Gasteiger partial charge in [-0.2, -0.15) is 0 Å². The van der Waals surface area contributed by atoms with E-state index in [9.17, 15) is 9.90 Å². The predicted octanol–water partition coefficient (Wildman–Crippen LogP) is 1.79. The van der Waals surface area contributed by atoms with E-state index in [0.29, 0.717) is 10.7 Å². The van der Waals surface area contributed by atoms with Gasteiger partial charge >= 0.3 is 5.97 Å². The number of aromatic nitrogens is 2. The Hall–Kier alpha value is -1.75. The summed E-state index contributed by atoms with van der Waals surface area (Å²) in [6.45, 7) is 1.66. The van der Waals surface area contributed by atoms with Gasteiger partial charge in [-0.3, -0.25) is 4.40 Å². The molecule has 0 aliphatic rings. The maximum Gasteiger partial charge on any atom is 0.356 e. The highest BCUT2D eigenvalue weighted by Crippen LogP contribution is 2.25. The maximum atomic E-state index is 11.5. The summed E-state index contributed by atoms with van der Waals surface area (Å²) in [6, 6.07) is 1.37. The lowest BCUT2D eigenvalue weighted by Crippen LogP contribution is -2.06. The standard InChI is InChI=1S/C10H9ClN2O3/c1-5-8(10(15)16-2)13-4-6(11)3-7(14)9(13)12-5/h3-4,14H,1-2H3. The van der Waals surface area contributed by atoms with Gasteiger partial charge in [-0.05, 0) is 6.92 Å². The Balaban J connectivity index is 2.83. The molecule has 2 heterocycles. The summed E-state index contributed by atoms with van der Waals surface area (Å²) in [5.74, 6) is -0.600. The number of hydrogen-bond donors (Lipinski definition) is 1. The van der Waals surface area contributed by atoms with Gasteiger partial charge < -0.3 is 9.84 Å². The van der Waals surface area contributed by atoms with E-state index < -0.39 is 5.97 Å². The van der Waals surface area contributed by atoms with E-state index in [2.05, 4.69) is 9.72 Å². The molecule has 2 aromatic heterocycles. The van der Waals surface area contributed by atoms with Crippen molar-refractivity contribution in [1.82, 2.24) is 9.38 Å². The van der Waals surface area contributed by atoms with Crippen LogP contribution in [0.4, 0.5) is 0 Å². The van der Waals surface area contributed by atoms with Gasteiger partial charge in [-0.25, -0.2) is 9.78 Å². The van der Waals surface area contributed by atoms with Crippen molar-refractivity contribution in [1.29, 1.82) is 0 Å². The number of aromatic hydroxyl groups is 1. The topological polar surface area (TPSA) is 63.8 Å². The Kier molecular flexibility index (Phi) is 2.47. The lowest BCUT2D eigenvalue weighted by Gasteiger charge is -2.02. The molecule has 0 aromatic carbocycles. The number of esters is 1. The van der Waals surface area contributed by atoms with Gasteiger partial charge in [0.25, 0.3) is 0 Å². The number of carbonyl (C=O) groups excluding carboxylic acids is 1. The van der Waals surface area contributed by atoms with Crippen LogP contribution >= 0.6 is 11.6 Å². The molecule has 84 valence electrons. The zero-order valence-electron chi connectivity index (χ0n) is 8.69. The Morgan fingerprint density at radius 1 is 1.62 bits per heavy atom. The first-order valence-corrected chi connectivity index (χ1v) is 4.88. The van der Waals surface area contributed by atoms with Crippen LogP contribution in [0.1, 0.15) is 16.2 Å². The van der Waals surface area contributed by atoms with E-state index in [1.807, 2.05) is 0 Å². The van der Waals surface area contributed by atoms with Crippen LogP contribution in [0.5, 0.6) is 5.75 Å². The van der Waals surface area contributed by atoms with E-state index in [-0.39, 0.29) is 17.1 Å².